The second kappa shape index (κ2) is 7.62. The highest BCUT2D eigenvalue weighted by Gasteiger charge is 2.16. The lowest BCUT2D eigenvalue weighted by Gasteiger charge is -2.08. The fraction of sp³-hybridized carbons (Fsp3) is 0.308. The fourth-order valence-corrected chi connectivity index (χ4v) is 1.62. The van der Waals surface area contributed by atoms with Crippen molar-refractivity contribution in [2.75, 3.05) is 6.54 Å². The molecule has 6 nitrogen and oxygen atoms in total. The van der Waals surface area contributed by atoms with Crippen molar-refractivity contribution < 1.29 is 9.32 Å². The first kappa shape index (κ1) is 16.1. The van der Waals surface area contributed by atoms with Crippen molar-refractivity contribution in [2.45, 2.75) is 19.4 Å². The van der Waals surface area contributed by atoms with E-state index >= 15 is 0 Å². The molecule has 0 bridgehead atoms. The minimum Gasteiger partial charge on any atom is -0.346 e. The summed E-state index contributed by atoms with van der Waals surface area (Å²) in [6.07, 6.45) is 0.285. The third kappa shape index (κ3) is 4.04. The SMILES string of the molecule is CC(NC(=O)CCN)c1noc(-c2ccccc2)n1.Cl. The average Bonchev–Trinajstić information content (AvgIpc) is 2.89. The second-order valence-corrected chi connectivity index (χ2v) is 4.15. The molecule has 3 N–H and O–H groups in total. The maximum absolute atomic E-state index is 11.4. The predicted molar refractivity (Wildman–Crippen MR) is 77.2 cm³/mol. The summed E-state index contributed by atoms with van der Waals surface area (Å²) in [5.41, 5.74) is 6.16. The van der Waals surface area contributed by atoms with Crippen LogP contribution in [0.5, 0.6) is 0 Å². The quantitative estimate of drug-likeness (QED) is 0.875. The number of carbonyl (C=O) groups excluding carboxylic acids is 1. The van der Waals surface area contributed by atoms with E-state index in [1.54, 1.807) is 6.92 Å². The molecule has 108 valence electrons. The summed E-state index contributed by atoms with van der Waals surface area (Å²) in [6, 6.07) is 9.16. The van der Waals surface area contributed by atoms with Gasteiger partial charge in [-0.05, 0) is 19.1 Å². The van der Waals surface area contributed by atoms with Crippen LogP contribution in [0.2, 0.25) is 0 Å². The molecule has 20 heavy (non-hydrogen) atoms. The molecule has 1 aromatic carbocycles. The third-order valence-electron chi connectivity index (χ3n) is 2.60. The van der Waals surface area contributed by atoms with E-state index in [0.717, 1.165) is 5.56 Å². The predicted octanol–water partition coefficient (Wildman–Crippen LogP) is 1.68. The van der Waals surface area contributed by atoms with Gasteiger partial charge >= 0.3 is 0 Å². The summed E-state index contributed by atoms with van der Waals surface area (Å²) in [5.74, 6) is 0.765. The van der Waals surface area contributed by atoms with Crippen LogP contribution in [-0.2, 0) is 4.79 Å². The van der Waals surface area contributed by atoms with Gasteiger partial charge in [0, 0.05) is 18.5 Å². The van der Waals surface area contributed by atoms with Crippen LogP contribution in [0.4, 0.5) is 0 Å². The van der Waals surface area contributed by atoms with Crippen LogP contribution in [0.15, 0.2) is 34.9 Å². The number of benzene rings is 1. The summed E-state index contributed by atoms with van der Waals surface area (Å²) < 4.78 is 5.18. The topological polar surface area (TPSA) is 94.0 Å². The van der Waals surface area contributed by atoms with Crippen molar-refractivity contribution in [3.05, 3.63) is 36.2 Å². The van der Waals surface area contributed by atoms with Gasteiger partial charge in [-0.15, -0.1) is 12.4 Å². The molecule has 0 aliphatic heterocycles. The standard InChI is InChI=1S/C13H16N4O2.ClH/c1-9(15-11(18)7-8-14)12-16-13(19-17-12)10-5-3-2-4-6-10;/h2-6,9H,7-8,14H2,1H3,(H,15,18);1H. The first-order chi connectivity index (χ1) is 9.20. The van der Waals surface area contributed by atoms with Crippen LogP contribution in [0.1, 0.15) is 25.2 Å². The Morgan fingerprint density at radius 2 is 2.10 bits per heavy atom. The van der Waals surface area contributed by atoms with Crippen molar-refractivity contribution in [2.24, 2.45) is 5.73 Å². The van der Waals surface area contributed by atoms with E-state index in [4.69, 9.17) is 10.3 Å². The Bertz CT molecular complexity index is 544. The second-order valence-electron chi connectivity index (χ2n) is 4.15. The maximum Gasteiger partial charge on any atom is 0.257 e. The smallest absolute Gasteiger partial charge is 0.257 e. The van der Waals surface area contributed by atoms with Crippen LogP contribution >= 0.6 is 12.4 Å². The molecule has 0 aliphatic carbocycles. The van der Waals surface area contributed by atoms with Gasteiger partial charge < -0.3 is 15.6 Å². The monoisotopic (exact) mass is 296 g/mol. The van der Waals surface area contributed by atoms with Gasteiger partial charge in [-0.3, -0.25) is 4.79 Å². The summed E-state index contributed by atoms with van der Waals surface area (Å²) in [4.78, 5) is 15.7. The lowest BCUT2D eigenvalue weighted by atomic mass is 10.2. The van der Waals surface area contributed by atoms with E-state index in [9.17, 15) is 4.79 Å². The summed E-state index contributed by atoms with van der Waals surface area (Å²) in [5, 5.41) is 6.63. The number of halogens is 1. The van der Waals surface area contributed by atoms with Crippen LogP contribution < -0.4 is 11.1 Å². The number of rotatable bonds is 5. The van der Waals surface area contributed by atoms with Gasteiger partial charge in [0.2, 0.25) is 5.91 Å². The Balaban J connectivity index is 0.00000200. The molecule has 1 atom stereocenters. The Hall–Kier alpha value is -1.92. The van der Waals surface area contributed by atoms with Crippen LogP contribution in [0.25, 0.3) is 11.5 Å². The molecule has 0 aliphatic rings. The van der Waals surface area contributed by atoms with Crippen molar-refractivity contribution in [1.82, 2.24) is 15.5 Å². The highest BCUT2D eigenvalue weighted by Crippen LogP contribution is 2.18. The van der Waals surface area contributed by atoms with Crippen molar-refractivity contribution >= 4 is 18.3 Å². The summed E-state index contributed by atoms with van der Waals surface area (Å²) in [6.45, 7) is 2.12. The zero-order chi connectivity index (χ0) is 13.7. The van der Waals surface area contributed by atoms with Crippen LogP contribution in [0.3, 0.4) is 0 Å². The minimum atomic E-state index is -0.305. The number of carbonyl (C=O) groups is 1. The molecule has 1 unspecified atom stereocenters. The zero-order valence-electron chi connectivity index (χ0n) is 11.1. The number of nitrogens with zero attached hydrogens (tertiary/aromatic N) is 2. The van der Waals surface area contributed by atoms with Gasteiger partial charge in [-0.1, -0.05) is 23.4 Å². The number of aromatic nitrogens is 2. The number of hydrogen-bond donors (Lipinski definition) is 2. The van der Waals surface area contributed by atoms with Crippen molar-refractivity contribution in [3.8, 4) is 11.5 Å². The highest BCUT2D eigenvalue weighted by atomic mass is 35.5. The molecule has 0 saturated heterocycles. The van der Waals surface area contributed by atoms with E-state index < -0.39 is 0 Å². The number of amides is 1. The zero-order valence-corrected chi connectivity index (χ0v) is 11.9. The van der Waals surface area contributed by atoms with E-state index in [-0.39, 0.29) is 30.8 Å². The minimum absolute atomic E-state index is 0. The van der Waals surface area contributed by atoms with E-state index in [1.807, 2.05) is 30.3 Å². The molecule has 0 fully saturated rings. The fourth-order valence-electron chi connectivity index (χ4n) is 1.62. The number of hydrogen-bond acceptors (Lipinski definition) is 5. The molecular weight excluding hydrogens is 280 g/mol. The molecular formula is C13H17ClN4O2. The van der Waals surface area contributed by atoms with E-state index in [2.05, 4.69) is 15.5 Å². The van der Waals surface area contributed by atoms with Crippen LogP contribution in [-0.4, -0.2) is 22.6 Å². The molecule has 1 aromatic heterocycles. The van der Waals surface area contributed by atoms with Crippen molar-refractivity contribution in [3.63, 3.8) is 0 Å². The number of nitrogens with one attached hydrogen (secondary N) is 1. The molecule has 7 heteroatoms. The average molecular weight is 297 g/mol. The summed E-state index contributed by atoms with van der Waals surface area (Å²) in [7, 11) is 0. The van der Waals surface area contributed by atoms with Gasteiger partial charge in [0.15, 0.2) is 5.82 Å². The Morgan fingerprint density at radius 1 is 1.40 bits per heavy atom. The lowest BCUT2D eigenvalue weighted by Crippen LogP contribution is -2.28. The molecule has 0 saturated carbocycles. The first-order valence-corrected chi connectivity index (χ1v) is 6.09. The summed E-state index contributed by atoms with van der Waals surface area (Å²) >= 11 is 0. The molecule has 2 aromatic rings. The van der Waals surface area contributed by atoms with Crippen LogP contribution in [0, 0.1) is 0 Å². The molecule has 0 radical (unpaired) electrons. The Labute approximate surface area is 123 Å². The van der Waals surface area contributed by atoms with E-state index in [0.29, 0.717) is 18.3 Å². The van der Waals surface area contributed by atoms with E-state index in [1.165, 1.54) is 0 Å². The third-order valence-corrected chi connectivity index (χ3v) is 2.60. The molecule has 1 heterocycles. The molecule has 1 amide bonds. The molecule has 0 spiro atoms. The van der Waals surface area contributed by atoms with Crippen molar-refractivity contribution in [1.29, 1.82) is 0 Å². The maximum atomic E-state index is 11.4. The first-order valence-electron chi connectivity index (χ1n) is 6.09. The molecule has 2 rings (SSSR count). The van der Waals surface area contributed by atoms with Gasteiger partial charge in [-0.25, -0.2) is 0 Å². The van der Waals surface area contributed by atoms with Gasteiger partial charge in [0.05, 0.1) is 6.04 Å². The van der Waals surface area contributed by atoms with Gasteiger partial charge in [-0.2, -0.15) is 4.98 Å². The Morgan fingerprint density at radius 3 is 2.75 bits per heavy atom. The van der Waals surface area contributed by atoms with Gasteiger partial charge in [0.1, 0.15) is 0 Å². The number of nitrogens with two attached hydrogens (primary N) is 1. The Kier molecular flexibility index (Phi) is 6.14. The van der Waals surface area contributed by atoms with Gasteiger partial charge in [0.25, 0.3) is 5.89 Å². The lowest BCUT2D eigenvalue weighted by molar-refractivity contribution is -0.121. The normalized spacial score (nSPS) is 11.5. The highest BCUT2D eigenvalue weighted by molar-refractivity contribution is 5.85. The largest absolute Gasteiger partial charge is 0.346 e.